The maximum absolute atomic E-state index is 11.8. The van der Waals surface area contributed by atoms with Gasteiger partial charge in [0.15, 0.2) is 0 Å². The van der Waals surface area contributed by atoms with Crippen molar-refractivity contribution >= 4 is 16.9 Å². The molecule has 0 saturated heterocycles. The van der Waals surface area contributed by atoms with Gasteiger partial charge in [-0.3, -0.25) is 4.79 Å². The van der Waals surface area contributed by atoms with Crippen LogP contribution in [0.5, 0.6) is 0 Å². The number of hydrogen-bond donors (Lipinski definition) is 1. The van der Waals surface area contributed by atoms with Crippen molar-refractivity contribution in [1.82, 2.24) is 0 Å². The summed E-state index contributed by atoms with van der Waals surface area (Å²) in [5.74, 6) is -0.701. The molecule has 0 aliphatic heterocycles. The molecule has 0 bridgehead atoms. The number of rotatable bonds is 2. The van der Waals surface area contributed by atoms with Crippen molar-refractivity contribution in [2.45, 2.75) is 38.0 Å². The molecule has 1 N–H and O–H groups in total. The molecule has 1 fully saturated rings. The maximum atomic E-state index is 11.8. The van der Waals surface area contributed by atoms with Gasteiger partial charge in [0, 0.05) is 5.39 Å². The minimum atomic E-state index is -0.714. The minimum Gasteiger partial charge on any atom is -0.481 e. The number of furan rings is 1. The number of aliphatic carboxylic acids is 1. The van der Waals surface area contributed by atoms with Gasteiger partial charge in [-0.1, -0.05) is 25.0 Å². The van der Waals surface area contributed by atoms with E-state index in [2.05, 4.69) is 0 Å². The van der Waals surface area contributed by atoms with Crippen molar-refractivity contribution in [1.29, 1.82) is 0 Å². The first-order valence-electron chi connectivity index (χ1n) is 6.36. The molecule has 0 unspecified atom stereocenters. The van der Waals surface area contributed by atoms with Gasteiger partial charge >= 0.3 is 5.97 Å². The Hall–Kier alpha value is -1.77. The van der Waals surface area contributed by atoms with E-state index in [0.717, 1.165) is 47.8 Å². The van der Waals surface area contributed by atoms with Crippen LogP contribution in [0, 0.1) is 6.92 Å². The predicted molar refractivity (Wildman–Crippen MR) is 68.7 cm³/mol. The van der Waals surface area contributed by atoms with Crippen LogP contribution >= 0.6 is 0 Å². The van der Waals surface area contributed by atoms with Gasteiger partial charge in [-0.25, -0.2) is 0 Å². The van der Waals surface area contributed by atoms with E-state index in [1.54, 1.807) is 6.26 Å². The van der Waals surface area contributed by atoms with E-state index in [-0.39, 0.29) is 0 Å². The first-order chi connectivity index (χ1) is 8.65. The molecule has 0 spiro atoms. The summed E-state index contributed by atoms with van der Waals surface area (Å²) in [5, 5.41) is 10.7. The zero-order valence-corrected chi connectivity index (χ0v) is 10.4. The summed E-state index contributed by atoms with van der Waals surface area (Å²) in [4.78, 5) is 11.8. The lowest BCUT2D eigenvalue weighted by molar-refractivity contribution is -0.143. The smallest absolute Gasteiger partial charge is 0.314 e. The third-order valence-electron chi connectivity index (χ3n) is 4.17. The highest BCUT2D eigenvalue weighted by atomic mass is 16.4. The normalized spacial score (nSPS) is 18.3. The molecule has 1 heterocycles. The average Bonchev–Trinajstić information content (AvgIpc) is 2.97. The van der Waals surface area contributed by atoms with Crippen molar-refractivity contribution in [3.8, 4) is 0 Å². The molecule has 0 radical (unpaired) electrons. The largest absolute Gasteiger partial charge is 0.481 e. The lowest BCUT2D eigenvalue weighted by Gasteiger charge is -2.25. The van der Waals surface area contributed by atoms with Crippen LogP contribution in [0.3, 0.4) is 0 Å². The monoisotopic (exact) mass is 244 g/mol. The molecule has 1 aliphatic carbocycles. The molecule has 3 rings (SSSR count). The summed E-state index contributed by atoms with van der Waals surface area (Å²) in [5.41, 5.74) is 2.02. The molecule has 1 aromatic heterocycles. The zero-order chi connectivity index (χ0) is 12.8. The Morgan fingerprint density at radius 1 is 1.33 bits per heavy atom. The van der Waals surface area contributed by atoms with Crippen molar-refractivity contribution in [2.24, 2.45) is 0 Å². The van der Waals surface area contributed by atoms with Gasteiger partial charge in [-0.2, -0.15) is 0 Å². The lowest BCUT2D eigenvalue weighted by Crippen LogP contribution is -2.32. The fourth-order valence-electron chi connectivity index (χ4n) is 3.22. The Balaban J connectivity index is 2.30. The molecular formula is C15H16O3. The summed E-state index contributed by atoms with van der Waals surface area (Å²) in [6, 6.07) is 5.74. The number of carboxylic acids is 1. The number of benzene rings is 1. The SMILES string of the molecule is Cc1coc2cccc(C3(C(=O)O)CCCC3)c12. The van der Waals surface area contributed by atoms with Gasteiger partial charge in [0.1, 0.15) is 5.58 Å². The van der Waals surface area contributed by atoms with Gasteiger partial charge in [0.2, 0.25) is 0 Å². The van der Waals surface area contributed by atoms with Crippen LogP contribution in [-0.4, -0.2) is 11.1 Å². The summed E-state index contributed by atoms with van der Waals surface area (Å²) < 4.78 is 5.48. The molecule has 1 aliphatic rings. The molecule has 3 nitrogen and oxygen atoms in total. The third-order valence-corrected chi connectivity index (χ3v) is 4.17. The minimum absolute atomic E-state index is 0.701. The average molecular weight is 244 g/mol. The summed E-state index contributed by atoms with van der Waals surface area (Å²) >= 11 is 0. The Morgan fingerprint density at radius 2 is 2.06 bits per heavy atom. The number of carboxylic acid groups (broad SMARTS) is 1. The van der Waals surface area contributed by atoms with Gasteiger partial charge in [0.05, 0.1) is 11.7 Å². The number of carbonyl (C=O) groups is 1. The van der Waals surface area contributed by atoms with Crippen LogP contribution in [0.1, 0.15) is 36.8 Å². The molecule has 0 atom stereocenters. The second-order valence-electron chi connectivity index (χ2n) is 5.19. The number of hydrogen-bond acceptors (Lipinski definition) is 2. The first-order valence-corrected chi connectivity index (χ1v) is 6.36. The van der Waals surface area contributed by atoms with Gasteiger partial charge in [-0.05, 0) is 37.0 Å². The topological polar surface area (TPSA) is 50.4 Å². The first kappa shape index (κ1) is 11.3. The molecule has 94 valence electrons. The van der Waals surface area contributed by atoms with E-state index in [1.165, 1.54) is 0 Å². The van der Waals surface area contributed by atoms with Crippen molar-refractivity contribution in [3.63, 3.8) is 0 Å². The third kappa shape index (κ3) is 1.40. The summed E-state index contributed by atoms with van der Waals surface area (Å²) in [7, 11) is 0. The van der Waals surface area contributed by atoms with E-state index >= 15 is 0 Å². The molecule has 1 aromatic carbocycles. The van der Waals surface area contributed by atoms with Crippen LogP contribution in [0.4, 0.5) is 0 Å². The second-order valence-corrected chi connectivity index (χ2v) is 5.19. The molecule has 18 heavy (non-hydrogen) atoms. The second kappa shape index (κ2) is 3.87. The molecular weight excluding hydrogens is 228 g/mol. The summed E-state index contributed by atoms with van der Waals surface area (Å²) in [6.45, 7) is 1.97. The lowest BCUT2D eigenvalue weighted by atomic mass is 9.77. The Morgan fingerprint density at radius 3 is 2.72 bits per heavy atom. The van der Waals surface area contributed by atoms with Crippen LogP contribution in [0.15, 0.2) is 28.9 Å². The van der Waals surface area contributed by atoms with E-state index in [4.69, 9.17) is 4.42 Å². The van der Waals surface area contributed by atoms with Gasteiger partial charge in [0.25, 0.3) is 0 Å². The zero-order valence-electron chi connectivity index (χ0n) is 10.4. The van der Waals surface area contributed by atoms with E-state index in [9.17, 15) is 9.90 Å². The highest BCUT2D eigenvalue weighted by Gasteiger charge is 2.44. The van der Waals surface area contributed by atoms with Crippen molar-refractivity contribution in [2.75, 3.05) is 0 Å². The summed E-state index contributed by atoms with van der Waals surface area (Å²) in [6.07, 6.45) is 5.13. The highest BCUT2D eigenvalue weighted by molar-refractivity contribution is 5.93. The number of fused-ring (bicyclic) bond motifs is 1. The van der Waals surface area contributed by atoms with Gasteiger partial charge in [-0.15, -0.1) is 0 Å². The number of aryl methyl sites for hydroxylation is 1. The van der Waals surface area contributed by atoms with Crippen LogP contribution in [0.25, 0.3) is 11.0 Å². The maximum Gasteiger partial charge on any atom is 0.314 e. The van der Waals surface area contributed by atoms with Crippen LogP contribution < -0.4 is 0 Å². The van der Waals surface area contributed by atoms with Crippen molar-refractivity contribution in [3.05, 3.63) is 35.6 Å². The van der Waals surface area contributed by atoms with Crippen LogP contribution in [0.2, 0.25) is 0 Å². The molecule has 1 saturated carbocycles. The van der Waals surface area contributed by atoms with E-state index in [1.807, 2.05) is 25.1 Å². The van der Waals surface area contributed by atoms with Crippen LogP contribution in [-0.2, 0) is 10.2 Å². The van der Waals surface area contributed by atoms with Gasteiger partial charge < -0.3 is 9.52 Å². The quantitative estimate of drug-likeness (QED) is 0.877. The van der Waals surface area contributed by atoms with E-state index < -0.39 is 11.4 Å². The highest BCUT2D eigenvalue weighted by Crippen LogP contribution is 2.44. The van der Waals surface area contributed by atoms with Crippen molar-refractivity contribution < 1.29 is 14.3 Å². The predicted octanol–water partition coefficient (Wildman–Crippen LogP) is 3.64. The Bertz CT molecular complexity index is 603. The Labute approximate surface area is 105 Å². The fourth-order valence-corrected chi connectivity index (χ4v) is 3.22. The Kier molecular flexibility index (Phi) is 2.44. The fraction of sp³-hybridized carbons (Fsp3) is 0.400. The molecule has 3 heteroatoms. The standard InChI is InChI=1S/C15H16O3/c1-10-9-18-12-6-4-5-11(13(10)12)15(14(16)17)7-2-3-8-15/h4-6,9H,2-3,7-8H2,1H3,(H,16,17). The van der Waals surface area contributed by atoms with E-state index in [0.29, 0.717) is 0 Å². The molecule has 0 amide bonds. The molecule has 2 aromatic rings.